The molecular formula is C19H30N4O3. The number of hydrogen-bond donors (Lipinski definition) is 2. The Balaban J connectivity index is 1.53. The zero-order valence-corrected chi connectivity index (χ0v) is 15.8. The molecule has 7 heteroatoms. The van der Waals surface area contributed by atoms with Crippen molar-refractivity contribution in [3.63, 3.8) is 0 Å². The van der Waals surface area contributed by atoms with Crippen molar-refractivity contribution in [2.45, 2.75) is 32.4 Å². The lowest BCUT2D eigenvalue weighted by Gasteiger charge is -2.25. The van der Waals surface area contributed by atoms with Crippen LogP contribution in [-0.2, 0) is 11.3 Å². The fourth-order valence-corrected chi connectivity index (χ4v) is 3.40. The monoisotopic (exact) mass is 362 g/mol. The number of rotatable bonds is 8. The Morgan fingerprint density at radius 1 is 1.31 bits per heavy atom. The molecule has 144 valence electrons. The first kappa shape index (κ1) is 18.8. The summed E-state index contributed by atoms with van der Waals surface area (Å²) in [5.41, 5.74) is 1.11. The first-order chi connectivity index (χ1) is 12.8. The van der Waals surface area contributed by atoms with Crippen molar-refractivity contribution in [3.05, 3.63) is 23.8 Å². The standard InChI is InChI=1S/C19H30N4O3/c1-3-20-19(22-13-16-5-4-8-23(16)9-10-24-2)21-12-15-6-7-17-18(11-15)26-14-25-17/h6-7,11,16H,3-5,8-10,12-14H2,1-2H3,(H2,20,21,22). The number of nitrogens with zero attached hydrogens (tertiary/aromatic N) is 2. The second kappa shape index (κ2) is 9.64. The number of hydrogen-bond acceptors (Lipinski definition) is 5. The van der Waals surface area contributed by atoms with E-state index in [0.29, 0.717) is 19.4 Å². The summed E-state index contributed by atoms with van der Waals surface area (Å²) in [7, 11) is 1.76. The number of aliphatic imine (C=N–C) groups is 1. The summed E-state index contributed by atoms with van der Waals surface area (Å²) in [5.74, 6) is 2.46. The third-order valence-corrected chi connectivity index (χ3v) is 4.79. The Kier molecular flexibility index (Phi) is 6.96. The van der Waals surface area contributed by atoms with Crippen LogP contribution in [-0.4, -0.2) is 63.6 Å². The quantitative estimate of drug-likeness (QED) is 0.541. The summed E-state index contributed by atoms with van der Waals surface area (Å²) in [5, 5.41) is 6.82. The van der Waals surface area contributed by atoms with Gasteiger partial charge < -0.3 is 24.8 Å². The van der Waals surface area contributed by atoms with Crippen molar-refractivity contribution in [2.24, 2.45) is 4.99 Å². The van der Waals surface area contributed by atoms with Crippen LogP contribution in [0, 0.1) is 0 Å². The molecule has 0 radical (unpaired) electrons. The molecule has 0 aliphatic carbocycles. The van der Waals surface area contributed by atoms with Crippen LogP contribution in [0.25, 0.3) is 0 Å². The highest BCUT2D eigenvalue weighted by molar-refractivity contribution is 5.79. The Hall–Kier alpha value is -1.99. The van der Waals surface area contributed by atoms with Crippen LogP contribution in [0.5, 0.6) is 11.5 Å². The van der Waals surface area contributed by atoms with Crippen molar-refractivity contribution >= 4 is 5.96 Å². The lowest BCUT2D eigenvalue weighted by molar-refractivity contribution is 0.141. The van der Waals surface area contributed by atoms with E-state index in [1.165, 1.54) is 12.8 Å². The Labute approximate surface area is 155 Å². The van der Waals surface area contributed by atoms with Gasteiger partial charge in [0.15, 0.2) is 17.5 Å². The Morgan fingerprint density at radius 3 is 3.04 bits per heavy atom. The highest BCUT2D eigenvalue weighted by Crippen LogP contribution is 2.32. The second-order valence-electron chi connectivity index (χ2n) is 6.59. The Morgan fingerprint density at radius 2 is 2.19 bits per heavy atom. The number of methoxy groups -OCH3 is 1. The van der Waals surface area contributed by atoms with Crippen LogP contribution in [0.3, 0.4) is 0 Å². The molecule has 1 aromatic rings. The van der Waals surface area contributed by atoms with Gasteiger partial charge in [-0.25, -0.2) is 4.99 Å². The smallest absolute Gasteiger partial charge is 0.231 e. The molecule has 0 amide bonds. The fourth-order valence-electron chi connectivity index (χ4n) is 3.40. The van der Waals surface area contributed by atoms with Gasteiger partial charge in [0.1, 0.15) is 0 Å². The van der Waals surface area contributed by atoms with Crippen LogP contribution in [0.15, 0.2) is 23.2 Å². The van der Waals surface area contributed by atoms with Gasteiger partial charge in [-0.1, -0.05) is 6.07 Å². The molecule has 26 heavy (non-hydrogen) atoms. The molecule has 3 rings (SSSR count). The van der Waals surface area contributed by atoms with E-state index >= 15 is 0 Å². The number of fused-ring (bicyclic) bond motifs is 1. The average molecular weight is 362 g/mol. The maximum atomic E-state index is 5.43. The summed E-state index contributed by atoms with van der Waals surface area (Å²) in [6.07, 6.45) is 2.47. The fraction of sp³-hybridized carbons (Fsp3) is 0.632. The van der Waals surface area contributed by atoms with Gasteiger partial charge in [0.05, 0.1) is 13.2 Å². The van der Waals surface area contributed by atoms with E-state index < -0.39 is 0 Å². The van der Waals surface area contributed by atoms with Gasteiger partial charge in [-0.15, -0.1) is 0 Å². The topological polar surface area (TPSA) is 67.4 Å². The van der Waals surface area contributed by atoms with Crippen molar-refractivity contribution in [1.82, 2.24) is 15.5 Å². The minimum Gasteiger partial charge on any atom is -0.454 e. The second-order valence-corrected chi connectivity index (χ2v) is 6.59. The molecule has 0 spiro atoms. The predicted molar refractivity (Wildman–Crippen MR) is 102 cm³/mol. The first-order valence-corrected chi connectivity index (χ1v) is 9.44. The molecule has 0 saturated carbocycles. The average Bonchev–Trinajstić information content (AvgIpc) is 3.30. The maximum absolute atomic E-state index is 5.43. The summed E-state index contributed by atoms with van der Waals surface area (Å²) >= 11 is 0. The zero-order valence-electron chi connectivity index (χ0n) is 15.8. The molecule has 1 unspecified atom stereocenters. The molecule has 2 aliphatic rings. The maximum Gasteiger partial charge on any atom is 0.231 e. The normalized spacial score (nSPS) is 19.8. The number of benzene rings is 1. The van der Waals surface area contributed by atoms with E-state index in [1.54, 1.807) is 7.11 Å². The van der Waals surface area contributed by atoms with Crippen LogP contribution < -0.4 is 20.1 Å². The van der Waals surface area contributed by atoms with Gasteiger partial charge in [-0.05, 0) is 44.0 Å². The number of likely N-dealkylation sites (tertiary alicyclic amines) is 1. The molecule has 2 N–H and O–H groups in total. The van der Waals surface area contributed by atoms with Gasteiger partial charge in [0, 0.05) is 32.8 Å². The van der Waals surface area contributed by atoms with Crippen molar-refractivity contribution in [3.8, 4) is 11.5 Å². The number of ether oxygens (including phenoxy) is 3. The summed E-state index contributed by atoms with van der Waals surface area (Å²) in [6, 6.07) is 6.52. The van der Waals surface area contributed by atoms with E-state index in [-0.39, 0.29) is 0 Å². The highest BCUT2D eigenvalue weighted by atomic mass is 16.7. The minimum atomic E-state index is 0.299. The van der Waals surface area contributed by atoms with Gasteiger partial charge in [0.25, 0.3) is 0 Å². The van der Waals surface area contributed by atoms with E-state index in [4.69, 9.17) is 19.2 Å². The lowest BCUT2D eigenvalue weighted by Crippen LogP contribution is -2.45. The molecule has 2 heterocycles. The van der Waals surface area contributed by atoms with Crippen molar-refractivity contribution in [2.75, 3.05) is 46.7 Å². The van der Waals surface area contributed by atoms with Crippen LogP contribution >= 0.6 is 0 Å². The molecule has 0 bridgehead atoms. The van der Waals surface area contributed by atoms with Crippen molar-refractivity contribution < 1.29 is 14.2 Å². The third-order valence-electron chi connectivity index (χ3n) is 4.79. The molecule has 1 saturated heterocycles. The molecule has 7 nitrogen and oxygen atoms in total. The summed E-state index contributed by atoms with van der Waals surface area (Å²) in [4.78, 5) is 7.21. The SMILES string of the molecule is CCNC(=NCc1ccc2c(c1)OCO2)NCC1CCCN1CCOC. The van der Waals surface area contributed by atoms with E-state index in [2.05, 4.69) is 22.5 Å². The van der Waals surface area contributed by atoms with E-state index in [0.717, 1.165) is 55.8 Å². The van der Waals surface area contributed by atoms with Crippen LogP contribution in [0.2, 0.25) is 0 Å². The summed E-state index contributed by atoms with van der Waals surface area (Å²) in [6.45, 7) is 7.65. The molecule has 1 aromatic carbocycles. The Bertz CT molecular complexity index is 608. The molecular weight excluding hydrogens is 332 g/mol. The van der Waals surface area contributed by atoms with E-state index in [1.807, 2.05) is 18.2 Å². The predicted octanol–water partition coefficient (Wildman–Crippen LogP) is 1.58. The molecule has 1 fully saturated rings. The lowest BCUT2D eigenvalue weighted by atomic mass is 10.2. The number of nitrogens with one attached hydrogen (secondary N) is 2. The van der Waals surface area contributed by atoms with E-state index in [9.17, 15) is 0 Å². The van der Waals surface area contributed by atoms with Gasteiger partial charge in [-0.3, -0.25) is 4.90 Å². The first-order valence-electron chi connectivity index (χ1n) is 9.44. The van der Waals surface area contributed by atoms with Gasteiger partial charge >= 0.3 is 0 Å². The molecule has 2 aliphatic heterocycles. The summed E-state index contributed by atoms with van der Waals surface area (Å²) < 4.78 is 16.0. The zero-order chi connectivity index (χ0) is 18.2. The number of guanidine groups is 1. The van der Waals surface area contributed by atoms with Gasteiger partial charge in [-0.2, -0.15) is 0 Å². The minimum absolute atomic E-state index is 0.299. The molecule has 0 aromatic heterocycles. The third kappa shape index (κ3) is 5.02. The molecule has 1 atom stereocenters. The van der Waals surface area contributed by atoms with Gasteiger partial charge in [0.2, 0.25) is 6.79 Å². The van der Waals surface area contributed by atoms with Crippen molar-refractivity contribution in [1.29, 1.82) is 0 Å². The van der Waals surface area contributed by atoms with Crippen LogP contribution in [0.4, 0.5) is 0 Å². The largest absolute Gasteiger partial charge is 0.454 e. The highest BCUT2D eigenvalue weighted by Gasteiger charge is 2.24. The van der Waals surface area contributed by atoms with Crippen LogP contribution in [0.1, 0.15) is 25.3 Å².